The Kier molecular flexibility index (Phi) is 4.29. The van der Waals surface area contributed by atoms with E-state index in [4.69, 9.17) is 5.11 Å². The molecule has 1 aromatic rings. The van der Waals surface area contributed by atoms with Crippen LogP contribution < -0.4 is 5.32 Å². The predicted octanol–water partition coefficient (Wildman–Crippen LogP) is 1.19. The molecular weight excluding hydrogens is 260 g/mol. The van der Waals surface area contributed by atoms with Crippen molar-refractivity contribution in [3.63, 3.8) is 0 Å². The van der Waals surface area contributed by atoms with Crippen LogP contribution in [0.3, 0.4) is 0 Å². The average molecular weight is 280 g/mol. The van der Waals surface area contributed by atoms with Gasteiger partial charge in [-0.25, -0.2) is 9.59 Å². The summed E-state index contributed by atoms with van der Waals surface area (Å²) in [6, 6.07) is 1.38. The van der Waals surface area contributed by atoms with Crippen molar-refractivity contribution in [1.82, 2.24) is 14.8 Å². The van der Waals surface area contributed by atoms with E-state index >= 15 is 0 Å². The number of H-pyrrole nitrogens is 1. The lowest BCUT2D eigenvalue weighted by atomic mass is 10.3. The van der Waals surface area contributed by atoms with E-state index < -0.39 is 5.97 Å². The van der Waals surface area contributed by atoms with E-state index in [1.54, 1.807) is 17.9 Å². The van der Waals surface area contributed by atoms with Gasteiger partial charge in [0, 0.05) is 25.3 Å². The van der Waals surface area contributed by atoms with Gasteiger partial charge in [0.25, 0.3) is 0 Å². The first-order valence-electron chi connectivity index (χ1n) is 6.64. The lowest BCUT2D eigenvalue weighted by Gasteiger charge is -2.20. The first kappa shape index (κ1) is 14.4. The van der Waals surface area contributed by atoms with E-state index in [0.29, 0.717) is 24.5 Å². The van der Waals surface area contributed by atoms with Crippen LogP contribution in [0.5, 0.6) is 0 Å². The van der Waals surface area contributed by atoms with E-state index in [0.717, 1.165) is 19.5 Å². The molecule has 2 amide bonds. The number of nitrogens with zero attached hydrogens (tertiary/aromatic N) is 2. The summed E-state index contributed by atoms with van der Waals surface area (Å²) in [6.45, 7) is 4.87. The van der Waals surface area contributed by atoms with Crippen molar-refractivity contribution >= 4 is 17.7 Å². The van der Waals surface area contributed by atoms with E-state index in [1.165, 1.54) is 0 Å². The van der Waals surface area contributed by atoms with Crippen LogP contribution in [0.4, 0.5) is 10.5 Å². The highest BCUT2D eigenvalue weighted by Gasteiger charge is 2.20. The Labute approximate surface area is 117 Å². The van der Waals surface area contributed by atoms with Crippen molar-refractivity contribution in [3.05, 3.63) is 17.5 Å². The van der Waals surface area contributed by atoms with Crippen LogP contribution in [0.1, 0.15) is 22.6 Å². The quantitative estimate of drug-likeness (QED) is 0.759. The summed E-state index contributed by atoms with van der Waals surface area (Å²) in [7, 11) is 2.03. The maximum absolute atomic E-state index is 12.2. The number of carbonyl (C=O) groups excluding carboxylic acids is 1. The van der Waals surface area contributed by atoms with Gasteiger partial charge in [0.1, 0.15) is 5.69 Å². The summed E-state index contributed by atoms with van der Waals surface area (Å²) in [4.78, 5) is 29.9. The highest BCUT2D eigenvalue weighted by molar-refractivity contribution is 5.99. The standard InChI is InChI=1S/C13H20N4O3/c1-9-8-10(11(14-9)12(18)19)15-13(20)17-5-3-4-16(2)6-7-17/h8,14H,3-7H2,1-2H3,(H,15,20)(H,18,19). The van der Waals surface area contributed by atoms with Gasteiger partial charge in [0.15, 0.2) is 0 Å². The lowest BCUT2D eigenvalue weighted by molar-refractivity contribution is 0.0692. The van der Waals surface area contributed by atoms with E-state index in [9.17, 15) is 9.59 Å². The van der Waals surface area contributed by atoms with E-state index in [1.807, 2.05) is 7.05 Å². The summed E-state index contributed by atoms with van der Waals surface area (Å²) in [5, 5.41) is 11.8. The number of nitrogens with one attached hydrogen (secondary N) is 2. The molecule has 1 aromatic heterocycles. The molecule has 3 N–H and O–H groups in total. The Balaban J connectivity index is 2.05. The van der Waals surface area contributed by atoms with Crippen molar-refractivity contribution in [1.29, 1.82) is 0 Å². The van der Waals surface area contributed by atoms with Gasteiger partial charge in [-0.1, -0.05) is 0 Å². The fourth-order valence-corrected chi connectivity index (χ4v) is 2.30. The number of aryl methyl sites for hydroxylation is 1. The van der Waals surface area contributed by atoms with Gasteiger partial charge in [-0.3, -0.25) is 0 Å². The second-order valence-electron chi connectivity index (χ2n) is 5.12. The Hall–Kier alpha value is -2.02. The fourth-order valence-electron chi connectivity index (χ4n) is 2.30. The Morgan fingerprint density at radius 3 is 2.75 bits per heavy atom. The molecule has 0 radical (unpaired) electrons. The summed E-state index contributed by atoms with van der Waals surface area (Å²) in [6.07, 6.45) is 0.919. The monoisotopic (exact) mass is 280 g/mol. The molecule has 0 spiro atoms. The molecule has 7 nitrogen and oxygen atoms in total. The lowest BCUT2D eigenvalue weighted by Crippen LogP contribution is -2.37. The third-order valence-corrected chi connectivity index (χ3v) is 3.41. The highest BCUT2D eigenvalue weighted by atomic mass is 16.4. The molecule has 20 heavy (non-hydrogen) atoms. The molecule has 1 aliphatic rings. The molecule has 0 aromatic carbocycles. The van der Waals surface area contributed by atoms with Gasteiger partial charge in [-0.2, -0.15) is 0 Å². The molecule has 1 fully saturated rings. The minimum Gasteiger partial charge on any atom is -0.477 e. The number of carbonyl (C=O) groups is 2. The SMILES string of the molecule is Cc1cc(NC(=O)N2CCCN(C)CC2)c(C(=O)O)[nH]1. The normalized spacial score (nSPS) is 16.8. The van der Waals surface area contributed by atoms with Crippen LogP contribution in [0.2, 0.25) is 0 Å². The minimum atomic E-state index is -1.08. The Bertz CT molecular complexity index is 512. The number of urea groups is 1. The zero-order valence-electron chi connectivity index (χ0n) is 11.8. The van der Waals surface area contributed by atoms with Crippen molar-refractivity contribution in [3.8, 4) is 0 Å². The van der Waals surface area contributed by atoms with Crippen LogP contribution >= 0.6 is 0 Å². The molecule has 1 aliphatic heterocycles. The second kappa shape index (κ2) is 5.96. The molecule has 2 rings (SSSR count). The first-order chi connectivity index (χ1) is 9.47. The number of anilines is 1. The van der Waals surface area contributed by atoms with Crippen molar-refractivity contribution in [2.24, 2.45) is 0 Å². The third-order valence-electron chi connectivity index (χ3n) is 3.41. The summed E-state index contributed by atoms with van der Waals surface area (Å²) in [5.74, 6) is -1.08. The van der Waals surface area contributed by atoms with Gasteiger partial charge in [-0.15, -0.1) is 0 Å². The molecule has 1 saturated heterocycles. The summed E-state index contributed by atoms with van der Waals surface area (Å²) in [5.41, 5.74) is 1.04. The number of hydrogen-bond acceptors (Lipinski definition) is 3. The molecule has 110 valence electrons. The number of likely N-dealkylation sites (N-methyl/N-ethyl adjacent to an activating group) is 1. The number of aromatic carboxylic acids is 1. The number of aromatic nitrogens is 1. The molecule has 0 unspecified atom stereocenters. The van der Waals surface area contributed by atoms with Crippen LogP contribution in [-0.2, 0) is 0 Å². The van der Waals surface area contributed by atoms with E-state index in [-0.39, 0.29) is 11.7 Å². The Morgan fingerprint density at radius 1 is 1.30 bits per heavy atom. The number of hydrogen-bond donors (Lipinski definition) is 3. The van der Waals surface area contributed by atoms with Gasteiger partial charge >= 0.3 is 12.0 Å². The first-order valence-corrected chi connectivity index (χ1v) is 6.64. The smallest absolute Gasteiger partial charge is 0.354 e. The molecule has 0 saturated carbocycles. The number of amides is 2. The Morgan fingerprint density at radius 2 is 2.05 bits per heavy atom. The molecule has 7 heteroatoms. The van der Waals surface area contributed by atoms with Crippen LogP contribution in [0.15, 0.2) is 6.07 Å². The van der Waals surface area contributed by atoms with Gasteiger partial charge in [0.2, 0.25) is 0 Å². The molecule has 2 heterocycles. The molecular formula is C13H20N4O3. The zero-order chi connectivity index (χ0) is 14.7. The van der Waals surface area contributed by atoms with Crippen LogP contribution in [0, 0.1) is 6.92 Å². The fraction of sp³-hybridized carbons (Fsp3) is 0.538. The largest absolute Gasteiger partial charge is 0.477 e. The molecule has 0 bridgehead atoms. The van der Waals surface area contributed by atoms with Crippen LogP contribution in [-0.4, -0.2) is 65.1 Å². The second-order valence-corrected chi connectivity index (χ2v) is 5.12. The van der Waals surface area contributed by atoms with Crippen LogP contribution in [0.25, 0.3) is 0 Å². The number of rotatable bonds is 2. The maximum Gasteiger partial charge on any atom is 0.354 e. The number of carboxylic acid groups (broad SMARTS) is 1. The van der Waals surface area contributed by atoms with Crippen molar-refractivity contribution in [2.45, 2.75) is 13.3 Å². The summed E-state index contributed by atoms with van der Waals surface area (Å²) >= 11 is 0. The van der Waals surface area contributed by atoms with Gasteiger partial charge in [-0.05, 0) is 33.0 Å². The number of aromatic amines is 1. The molecule has 0 atom stereocenters. The average Bonchev–Trinajstić information content (AvgIpc) is 2.60. The van der Waals surface area contributed by atoms with E-state index in [2.05, 4.69) is 15.2 Å². The van der Waals surface area contributed by atoms with Gasteiger partial charge < -0.3 is 25.2 Å². The topological polar surface area (TPSA) is 88.7 Å². The van der Waals surface area contributed by atoms with Gasteiger partial charge in [0.05, 0.1) is 5.69 Å². The summed E-state index contributed by atoms with van der Waals surface area (Å²) < 4.78 is 0. The predicted molar refractivity (Wildman–Crippen MR) is 75.2 cm³/mol. The zero-order valence-corrected chi connectivity index (χ0v) is 11.8. The maximum atomic E-state index is 12.2. The highest BCUT2D eigenvalue weighted by Crippen LogP contribution is 2.17. The van der Waals surface area contributed by atoms with Crippen molar-refractivity contribution < 1.29 is 14.7 Å². The number of carboxylic acids is 1. The minimum absolute atomic E-state index is 0.0165. The molecule has 0 aliphatic carbocycles. The van der Waals surface area contributed by atoms with Crippen molar-refractivity contribution in [2.75, 3.05) is 38.5 Å². The third kappa shape index (κ3) is 3.30.